The topological polar surface area (TPSA) is 94.4 Å². The maximum Gasteiger partial charge on any atom is 0.269 e. The van der Waals surface area contributed by atoms with E-state index in [0.717, 1.165) is 21.5 Å². The number of ether oxygens (including phenoxy) is 1. The van der Waals surface area contributed by atoms with Crippen LogP contribution in [0.1, 0.15) is 22.3 Å². The number of benzene rings is 2. The lowest BCUT2D eigenvalue weighted by molar-refractivity contribution is 0.0779. The first-order valence-electron chi connectivity index (χ1n) is 10.9. The number of carbonyl (C=O) groups is 1. The van der Waals surface area contributed by atoms with Crippen molar-refractivity contribution in [3.05, 3.63) is 76.7 Å². The molecule has 0 saturated heterocycles. The minimum Gasteiger partial charge on any atom is -0.385 e. The number of hydrogen-bond donors (Lipinski definition) is 0. The molecule has 1 amide bonds. The lowest BCUT2D eigenvalue weighted by Crippen LogP contribution is -2.28. The smallest absolute Gasteiger partial charge is 0.269 e. The maximum atomic E-state index is 13.4. The molecule has 0 unspecified atom stereocenters. The molecule has 0 fully saturated rings. The molecule has 2 aromatic heterocycles. The Balaban J connectivity index is 1.73. The summed E-state index contributed by atoms with van der Waals surface area (Å²) in [5, 5.41) is 0. The molecule has 35 heavy (non-hydrogen) atoms. The van der Waals surface area contributed by atoms with Crippen LogP contribution in [0.25, 0.3) is 22.3 Å². The Labute approximate surface area is 212 Å². The van der Waals surface area contributed by atoms with E-state index in [2.05, 4.69) is 25.9 Å². The third kappa shape index (κ3) is 5.14. The quantitative estimate of drug-likeness (QED) is 0.296. The third-order valence-corrected chi connectivity index (χ3v) is 7.69. The molecule has 0 saturated carbocycles. The van der Waals surface area contributed by atoms with E-state index in [1.165, 1.54) is 12.4 Å². The molecule has 0 aliphatic carbocycles. The molecule has 182 valence electrons. The summed E-state index contributed by atoms with van der Waals surface area (Å²) in [4.78, 5) is 23.4. The lowest BCUT2D eigenvalue weighted by atomic mass is 10.1. The van der Waals surface area contributed by atoms with Gasteiger partial charge < -0.3 is 9.64 Å². The van der Waals surface area contributed by atoms with Crippen LogP contribution in [0.5, 0.6) is 0 Å². The zero-order valence-corrected chi connectivity index (χ0v) is 22.0. The van der Waals surface area contributed by atoms with E-state index >= 15 is 0 Å². The monoisotopic (exact) mass is 556 g/mol. The van der Waals surface area contributed by atoms with Gasteiger partial charge in [0.15, 0.2) is 5.65 Å². The highest BCUT2D eigenvalue weighted by Gasteiger charge is 2.24. The second kappa shape index (κ2) is 10.3. The van der Waals surface area contributed by atoms with E-state index in [0.29, 0.717) is 34.4 Å². The van der Waals surface area contributed by atoms with E-state index in [9.17, 15) is 13.2 Å². The van der Waals surface area contributed by atoms with Crippen LogP contribution in [0, 0.1) is 6.92 Å². The van der Waals surface area contributed by atoms with Gasteiger partial charge >= 0.3 is 0 Å². The number of methoxy groups -OCH3 is 1. The van der Waals surface area contributed by atoms with Crippen molar-refractivity contribution >= 4 is 43.0 Å². The Bertz CT molecular complexity index is 1470. The fourth-order valence-corrected chi connectivity index (χ4v) is 5.31. The van der Waals surface area contributed by atoms with Crippen LogP contribution < -0.4 is 0 Å². The summed E-state index contributed by atoms with van der Waals surface area (Å²) < 4.78 is 33.6. The minimum absolute atomic E-state index is 0.0976. The number of amides is 1. The van der Waals surface area contributed by atoms with Crippen molar-refractivity contribution < 1.29 is 17.9 Å². The fraction of sp³-hybridized carbons (Fsp3) is 0.240. The van der Waals surface area contributed by atoms with Crippen LogP contribution in [0.2, 0.25) is 0 Å². The van der Waals surface area contributed by atoms with Crippen LogP contribution >= 0.6 is 15.9 Å². The number of halogens is 1. The number of aryl methyl sites for hydroxylation is 1. The second-order valence-corrected chi connectivity index (χ2v) is 10.8. The predicted octanol–water partition coefficient (Wildman–Crippen LogP) is 4.51. The van der Waals surface area contributed by atoms with Crippen LogP contribution in [-0.2, 0) is 14.8 Å². The van der Waals surface area contributed by atoms with Gasteiger partial charge in [0.1, 0.15) is 10.1 Å². The summed E-state index contributed by atoms with van der Waals surface area (Å²) in [6.45, 7) is 3.07. The summed E-state index contributed by atoms with van der Waals surface area (Å²) in [5.41, 5.74) is 3.48. The van der Waals surface area contributed by atoms with Gasteiger partial charge in [-0.3, -0.25) is 4.79 Å². The summed E-state index contributed by atoms with van der Waals surface area (Å²) in [7, 11) is -0.515. The van der Waals surface area contributed by atoms with E-state index < -0.39 is 10.0 Å². The number of nitrogens with zero attached hydrogens (tertiary/aromatic N) is 4. The van der Waals surface area contributed by atoms with E-state index in [4.69, 9.17) is 4.74 Å². The Morgan fingerprint density at radius 1 is 1.11 bits per heavy atom. The van der Waals surface area contributed by atoms with Crippen LogP contribution in [0.4, 0.5) is 0 Å². The van der Waals surface area contributed by atoms with Gasteiger partial charge in [0, 0.05) is 44.6 Å². The molecular formula is C25H25BrN4O4S. The Morgan fingerprint density at radius 2 is 1.80 bits per heavy atom. The van der Waals surface area contributed by atoms with E-state index in [-0.39, 0.29) is 16.4 Å². The predicted molar refractivity (Wildman–Crippen MR) is 138 cm³/mol. The van der Waals surface area contributed by atoms with Gasteiger partial charge in [-0.2, -0.15) is 0 Å². The van der Waals surface area contributed by atoms with E-state index in [1.54, 1.807) is 67.6 Å². The minimum atomic E-state index is -3.90. The molecule has 4 rings (SSSR count). The first-order chi connectivity index (χ1) is 16.7. The van der Waals surface area contributed by atoms with Crippen LogP contribution in [-0.4, -0.2) is 60.5 Å². The van der Waals surface area contributed by atoms with Crippen molar-refractivity contribution in [2.45, 2.75) is 18.2 Å². The highest BCUT2D eigenvalue weighted by Crippen LogP contribution is 2.32. The average molecular weight is 557 g/mol. The summed E-state index contributed by atoms with van der Waals surface area (Å²) >= 11 is 3.33. The SMILES string of the molecule is COCCCN(C)C(=O)c1ccc(-c2cn(S(=O)(=O)c3ccc(C)cc3)c3ncc(Br)nc23)cc1. The standard InChI is InChI=1S/C25H25BrN4O4S/c1-17-5-11-20(12-6-17)35(32,33)30-16-21(23-24(30)27-15-22(26)28-23)18-7-9-19(10-8-18)25(31)29(2)13-4-14-34-3/h5-12,15-16H,4,13-14H2,1-3H3. The van der Waals surface area contributed by atoms with Gasteiger partial charge in [0.25, 0.3) is 15.9 Å². The largest absolute Gasteiger partial charge is 0.385 e. The zero-order chi connectivity index (χ0) is 25.2. The average Bonchev–Trinajstić information content (AvgIpc) is 3.23. The van der Waals surface area contributed by atoms with Crippen LogP contribution in [0.15, 0.2) is 70.4 Å². The summed E-state index contributed by atoms with van der Waals surface area (Å²) in [6, 6.07) is 13.7. The summed E-state index contributed by atoms with van der Waals surface area (Å²) in [5.74, 6) is -0.0976. The third-order valence-electron chi connectivity index (χ3n) is 5.64. The normalized spacial score (nSPS) is 11.7. The van der Waals surface area contributed by atoms with E-state index in [1.807, 2.05) is 6.92 Å². The van der Waals surface area contributed by atoms with Gasteiger partial charge in [-0.25, -0.2) is 22.4 Å². The Kier molecular flexibility index (Phi) is 7.34. The van der Waals surface area contributed by atoms with Crippen molar-refractivity contribution in [1.29, 1.82) is 0 Å². The number of fused-ring (bicyclic) bond motifs is 1. The fourth-order valence-electron chi connectivity index (χ4n) is 3.72. The highest BCUT2D eigenvalue weighted by atomic mass is 79.9. The first kappa shape index (κ1) is 25.0. The molecule has 0 aliphatic heterocycles. The molecule has 8 nitrogen and oxygen atoms in total. The second-order valence-electron chi connectivity index (χ2n) is 8.17. The Hall–Kier alpha value is -3.08. The molecule has 2 heterocycles. The highest BCUT2D eigenvalue weighted by molar-refractivity contribution is 9.10. The molecule has 0 spiro atoms. The van der Waals surface area contributed by atoms with Gasteiger partial charge in [0.2, 0.25) is 0 Å². The number of rotatable bonds is 8. The molecule has 0 atom stereocenters. The van der Waals surface area contributed by atoms with Crippen molar-refractivity contribution in [1.82, 2.24) is 18.8 Å². The van der Waals surface area contributed by atoms with Gasteiger partial charge in [0.05, 0.1) is 11.1 Å². The summed E-state index contributed by atoms with van der Waals surface area (Å²) in [6.07, 6.45) is 3.74. The molecule has 0 aliphatic rings. The van der Waals surface area contributed by atoms with Crippen molar-refractivity contribution in [2.75, 3.05) is 27.3 Å². The van der Waals surface area contributed by atoms with Gasteiger partial charge in [-0.05, 0) is 59.1 Å². The maximum absolute atomic E-state index is 13.4. The number of carbonyl (C=O) groups excluding carboxylic acids is 1. The first-order valence-corrected chi connectivity index (χ1v) is 13.2. The molecule has 0 radical (unpaired) electrons. The molecule has 2 aromatic carbocycles. The number of hydrogen-bond acceptors (Lipinski definition) is 6. The van der Waals surface area contributed by atoms with Gasteiger partial charge in [-0.15, -0.1) is 0 Å². The van der Waals surface area contributed by atoms with Gasteiger partial charge in [-0.1, -0.05) is 29.8 Å². The molecule has 0 bridgehead atoms. The molecule has 10 heteroatoms. The Morgan fingerprint density at radius 3 is 2.46 bits per heavy atom. The molecule has 4 aromatic rings. The van der Waals surface area contributed by atoms with Crippen molar-refractivity contribution in [2.24, 2.45) is 0 Å². The lowest BCUT2D eigenvalue weighted by Gasteiger charge is -2.17. The number of aromatic nitrogens is 3. The van der Waals surface area contributed by atoms with Crippen molar-refractivity contribution in [3.63, 3.8) is 0 Å². The molecule has 0 N–H and O–H groups in total. The van der Waals surface area contributed by atoms with Crippen LogP contribution in [0.3, 0.4) is 0 Å². The van der Waals surface area contributed by atoms with Crippen molar-refractivity contribution in [3.8, 4) is 11.1 Å². The molecular weight excluding hydrogens is 532 g/mol. The zero-order valence-electron chi connectivity index (χ0n) is 19.6.